The Labute approximate surface area is 91.1 Å². The van der Waals surface area contributed by atoms with Gasteiger partial charge in [-0.1, -0.05) is 13.8 Å². The minimum Gasteiger partial charge on any atom is -0.394 e. The first-order valence-electron chi connectivity index (χ1n) is 5.52. The molecular weight excluding hydrogens is 188 g/mol. The fraction of sp³-hybridized carbons (Fsp3) is 0.727. The number of nitrogens with zero attached hydrogens (tertiary/aromatic N) is 3. The Bertz CT molecular complexity index is 353. The molecule has 0 amide bonds. The van der Waals surface area contributed by atoms with Crippen molar-refractivity contribution >= 4 is 11.5 Å². The van der Waals surface area contributed by atoms with E-state index < -0.39 is 0 Å². The second-order valence-electron chi connectivity index (χ2n) is 5.27. The smallest absolute Gasteiger partial charge is 0.173 e. The van der Waals surface area contributed by atoms with Gasteiger partial charge in [0.05, 0.1) is 5.69 Å². The first-order valence-corrected chi connectivity index (χ1v) is 5.52. The molecule has 2 heterocycles. The van der Waals surface area contributed by atoms with Gasteiger partial charge >= 0.3 is 0 Å². The van der Waals surface area contributed by atoms with Gasteiger partial charge in [-0.3, -0.25) is 4.68 Å². The molecule has 2 N–H and O–H groups in total. The molecule has 4 heteroatoms. The highest BCUT2D eigenvalue weighted by atomic mass is 15.3. The van der Waals surface area contributed by atoms with Gasteiger partial charge in [-0.2, -0.15) is 5.10 Å². The van der Waals surface area contributed by atoms with Crippen LogP contribution in [0, 0.1) is 5.41 Å². The number of anilines is 2. The summed E-state index contributed by atoms with van der Waals surface area (Å²) in [4.78, 5) is 2.30. The lowest BCUT2D eigenvalue weighted by Gasteiger charge is -2.38. The summed E-state index contributed by atoms with van der Waals surface area (Å²) in [7, 11) is 1.91. The summed E-state index contributed by atoms with van der Waals surface area (Å²) < 4.78 is 1.78. The molecule has 0 aliphatic carbocycles. The Morgan fingerprint density at radius 2 is 2.20 bits per heavy atom. The predicted molar refractivity (Wildman–Crippen MR) is 62.8 cm³/mol. The summed E-state index contributed by atoms with van der Waals surface area (Å²) in [6.45, 7) is 6.73. The summed E-state index contributed by atoms with van der Waals surface area (Å²) >= 11 is 0. The van der Waals surface area contributed by atoms with E-state index in [0.29, 0.717) is 5.41 Å². The zero-order chi connectivity index (χ0) is 11.1. The van der Waals surface area contributed by atoms with Crippen LogP contribution >= 0.6 is 0 Å². The topological polar surface area (TPSA) is 47.1 Å². The Balaban J connectivity index is 2.20. The summed E-state index contributed by atoms with van der Waals surface area (Å²) in [6, 6.07) is 0. The van der Waals surface area contributed by atoms with E-state index in [0.717, 1.165) is 24.6 Å². The van der Waals surface area contributed by atoms with E-state index in [1.165, 1.54) is 12.8 Å². The third-order valence-corrected chi connectivity index (χ3v) is 3.04. The average molecular weight is 208 g/mol. The van der Waals surface area contributed by atoms with Crippen LogP contribution in [0.2, 0.25) is 0 Å². The summed E-state index contributed by atoms with van der Waals surface area (Å²) in [5, 5.41) is 4.42. The molecule has 1 aliphatic rings. The van der Waals surface area contributed by atoms with Crippen molar-refractivity contribution in [1.82, 2.24) is 9.78 Å². The van der Waals surface area contributed by atoms with E-state index in [1.807, 2.05) is 13.2 Å². The van der Waals surface area contributed by atoms with Crippen molar-refractivity contribution in [3.05, 3.63) is 6.20 Å². The van der Waals surface area contributed by atoms with Crippen molar-refractivity contribution in [2.75, 3.05) is 23.7 Å². The van der Waals surface area contributed by atoms with E-state index in [9.17, 15) is 0 Å². The second-order valence-corrected chi connectivity index (χ2v) is 5.27. The van der Waals surface area contributed by atoms with Crippen LogP contribution in [-0.2, 0) is 7.05 Å². The fourth-order valence-electron chi connectivity index (χ4n) is 2.34. The van der Waals surface area contributed by atoms with Gasteiger partial charge in [0, 0.05) is 26.3 Å². The van der Waals surface area contributed by atoms with E-state index in [-0.39, 0.29) is 0 Å². The number of nitrogen functional groups attached to an aromatic ring is 1. The monoisotopic (exact) mass is 208 g/mol. The maximum absolute atomic E-state index is 5.94. The Kier molecular flexibility index (Phi) is 2.37. The number of piperidine rings is 1. The molecule has 0 aromatic carbocycles. The largest absolute Gasteiger partial charge is 0.394 e. The molecule has 84 valence electrons. The minimum atomic E-state index is 0.377. The quantitative estimate of drug-likeness (QED) is 0.763. The van der Waals surface area contributed by atoms with Crippen LogP contribution in [0.25, 0.3) is 0 Å². The van der Waals surface area contributed by atoms with Crippen LogP contribution < -0.4 is 10.6 Å². The third kappa shape index (κ3) is 2.08. The van der Waals surface area contributed by atoms with E-state index >= 15 is 0 Å². The van der Waals surface area contributed by atoms with E-state index in [1.54, 1.807) is 4.68 Å². The van der Waals surface area contributed by atoms with Gasteiger partial charge in [-0.15, -0.1) is 0 Å². The Morgan fingerprint density at radius 1 is 1.47 bits per heavy atom. The summed E-state index contributed by atoms with van der Waals surface area (Å²) in [6.07, 6.45) is 4.39. The van der Waals surface area contributed by atoms with Gasteiger partial charge in [-0.25, -0.2) is 0 Å². The molecule has 2 rings (SSSR count). The standard InChI is InChI=1S/C11H20N4/c1-11(2)5-4-6-15(8-11)10-9(12)7-14(3)13-10/h7H,4-6,8,12H2,1-3H3. The number of hydrogen-bond donors (Lipinski definition) is 1. The van der Waals surface area contributed by atoms with Crippen molar-refractivity contribution in [3.8, 4) is 0 Å². The Hall–Kier alpha value is -1.19. The van der Waals surface area contributed by atoms with Gasteiger partial charge in [0.25, 0.3) is 0 Å². The zero-order valence-electron chi connectivity index (χ0n) is 9.82. The first kappa shape index (κ1) is 10.3. The van der Waals surface area contributed by atoms with Gasteiger partial charge in [0.2, 0.25) is 0 Å². The number of aromatic nitrogens is 2. The van der Waals surface area contributed by atoms with Gasteiger partial charge in [-0.05, 0) is 18.3 Å². The number of rotatable bonds is 1. The number of hydrogen-bond acceptors (Lipinski definition) is 3. The first-order chi connectivity index (χ1) is 6.98. The number of nitrogens with two attached hydrogens (primary N) is 1. The van der Waals surface area contributed by atoms with E-state index in [2.05, 4.69) is 23.8 Å². The minimum absolute atomic E-state index is 0.377. The molecule has 0 bridgehead atoms. The lowest BCUT2D eigenvalue weighted by atomic mass is 9.84. The van der Waals surface area contributed by atoms with Gasteiger partial charge < -0.3 is 10.6 Å². The average Bonchev–Trinajstić information content (AvgIpc) is 2.43. The van der Waals surface area contributed by atoms with Gasteiger partial charge in [0.15, 0.2) is 5.82 Å². The predicted octanol–water partition coefficient (Wildman–Crippen LogP) is 1.63. The maximum atomic E-state index is 5.94. The number of aryl methyl sites for hydroxylation is 1. The molecule has 1 saturated heterocycles. The lowest BCUT2D eigenvalue weighted by molar-refractivity contribution is 0.292. The lowest BCUT2D eigenvalue weighted by Crippen LogP contribution is -2.40. The molecular formula is C11H20N4. The molecule has 0 atom stereocenters. The summed E-state index contributed by atoms with van der Waals surface area (Å²) in [5.41, 5.74) is 7.10. The fourth-order valence-corrected chi connectivity index (χ4v) is 2.34. The zero-order valence-corrected chi connectivity index (χ0v) is 9.82. The molecule has 4 nitrogen and oxygen atoms in total. The highest BCUT2D eigenvalue weighted by molar-refractivity contribution is 5.61. The molecule has 0 unspecified atom stereocenters. The van der Waals surface area contributed by atoms with Crippen molar-refractivity contribution in [1.29, 1.82) is 0 Å². The molecule has 0 radical (unpaired) electrons. The Morgan fingerprint density at radius 3 is 2.73 bits per heavy atom. The van der Waals surface area contributed by atoms with Crippen LogP contribution in [-0.4, -0.2) is 22.9 Å². The molecule has 0 saturated carbocycles. The SMILES string of the molecule is Cn1cc(N)c(N2CCCC(C)(C)C2)n1. The van der Waals surface area contributed by atoms with Crippen LogP contribution in [0.15, 0.2) is 6.20 Å². The van der Waals surface area contributed by atoms with Crippen LogP contribution in [0.1, 0.15) is 26.7 Å². The van der Waals surface area contributed by atoms with Crippen molar-refractivity contribution in [2.45, 2.75) is 26.7 Å². The van der Waals surface area contributed by atoms with Crippen LogP contribution in [0.4, 0.5) is 11.5 Å². The normalized spacial score (nSPS) is 20.6. The van der Waals surface area contributed by atoms with E-state index in [4.69, 9.17) is 5.73 Å². The molecule has 1 aromatic heterocycles. The molecule has 0 spiro atoms. The molecule has 1 aromatic rings. The summed E-state index contributed by atoms with van der Waals surface area (Å²) in [5.74, 6) is 0.949. The van der Waals surface area contributed by atoms with Gasteiger partial charge in [0.1, 0.15) is 0 Å². The third-order valence-electron chi connectivity index (χ3n) is 3.04. The highest BCUT2D eigenvalue weighted by Gasteiger charge is 2.28. The van der Waals surface area contributed by atoms with Crippen molar-refractivity contribution in [2.24, 2.45) is 12.5 Å². The van der Waals surface area contributed by atoms with Crippen molar-refractivity contribution in [3.63, 3.8) is 0 Å². The molecule has 1 fully saturated rings. The maximum Gasteiger partial charge on any atom is 0.173 e. The molecule has 15 heavy (non-hydrogen) atoms. The van der Waals surface area contributed by atoms with Crippen LogP contribution in [0.5, 0.6) is 0 Å². The highest BCUT2D eigenvalue weighted by Crippen LogP contribution is 2.32. The molecule has 1 aliphatic heterocycles. The van der Waals surface area contributed by atoms with Crippen molar-refractivity contribution < 1.29 is 0 Å². The second kappa shape index (κ2) is 3.43. The van der Waals surface area contributed by atoms with Crippen LogP contribution in [0.3, 0.4) is 0 Å².